The van der Waals surface area contributed by atoms with Crippen LogP contribution in [-0.2, 0) is 14.2 Å². The minimum Gasteiger partial charge on any atom is -0.382 e. The summed E-state index contributed by atoms with van der Waals surface area (Å²) < 4.78 is 15.9. The fraction of sp³-hybridized carbons (Fsp3) is 1.00. The molecule has 1 aliphatic rings. The Morgan fingerprint density at radius 3 is 2.94 bits per heavy atom. The van der Waals surface area contributed by atoms with Crippen LogP contribution in [0.2, 0.25) is 0 Å². The van der Waals surface area contributed by atoms with E-state index in [9.17, 15) is 0 Å². The number of ether oxygens (including phenoxy) is 3. The van der Waals surface area contributed by atoms with Crippen LogP contribution in [0.1, 0.15) is 26.2 Å². The summed E-state index contributed by atoms with van der Waals surface area (Å²) in [4.78, 5) is 0. The Labute approximate surface area is 98.6 Å². The van der Waals surface area contributed by atoms with E-state index in [0.717, 1.165) is 26.2 Å². The van der Waals surface area contributed by atoms with Crippen molar-refractivity contribution < 1.29 is 14.2 Å². The van der Waals surface area contributed by atoms with E-state index in [1.807, 2.05) is 0 Å². The molecule has 0 aromatic carbocycles. The molecule has 1 heterocycles. The second-order valence-electron chi connectivity index (χ2n) is 4.33. The smallest absolute Gasteiger partial charge is 0.0700 e. The molecule has 1 rings (SSSR count). The molecule has 1 fully saturated rings. The van der Waals surface area contributed by atoms with Crippen molar-refractivity contribution in [3.8, 4) is 0 Å². The normalized spacial score (nSPS) is 22.5. The molecule has 4 heteroatoms. The Balaban J connectivity index is 1.87. The standard InChI is InChI=1S/C12H25NO3/c1-11(10-12-4-3-6-16-12)13-5-7-15-9-8-14-2/h11-13H,3-10H2,1-2H3. The molecule has 0 aromatic heterocycles. The summed E-state index contributed by atoms with van der Waals surface area (Å²) in [6.45, 7) is 6.15. The van der Waals surface area contributed by atoms with Gasteiger partial charge in [-0.2, -0.15) is 0 Å². The third-order valence-electron chi connectivity index (χ3n) is 2.81. The molecule has 0 aromatic rings. The molecule has 0 aliphatic carbocycles. The van der Waals surface area contributed by atoms with Gasteiger partial charge in [0, 0.05) is 26.3 Å². The molecule has 1 N–H and O–H groups in total. The topological polar surface area (TPSA) is 39.7 Å². The van der Waals surface area contributed by atoms with E-state index in [2.05, 4.69) is 12.2 Å². The average molecular weight is 231 g/mol. The van der Waals surface area contributed by atoms with Gasteiger partial charge in [-0.25, -0.2) is 0 Å². The van der Waals surface area contributed by atoms with E-state index in [0.29, 0.717) is 25.4 Å². The van der Waals surface area contributed by atoms with Crippen LogP contribution in [0.25, 0.3) is 0 Å². The van der Waals surface area contributed by atoms with Crippen LogP contribution >= 0.6 is 0 Å². The molecule has 96 valence electrons. The van der Waals surface area contributed by atoms with E-state index in [4.69, 9.17) is 14.2 Å². The van der Waals surface area contributed by atoms with Gasteiger partial charge in [0.2, 0.25) is 0 Å². The summed E-state index contributed by atoms with van der Waals surface area (Å²) in [5.41, 5.74) is 0. The monoisotopic (exact) mass is 231 g/mol. The van der Waals surface area contributed by atoms with Gasteiger partial charge in [0.25, 0.3) is 0 Å². The zero-order chi connectivity index (χ0) is 11.6. The SMILES string of the molecule is COCCOCCNC(C)CC1CCCO1. The summed E-state index contributed by atoms with van der Waals surface area (Å²) in [5.74, 6) is 0. The maximum atomic E-state index is 5.60. The van der Waals surface area contributed by atoms with Crippen LogP contribution in [0, 0.1) is 0 Å². The molecule has 2 atom stereocenters. The Hall–Kier alpha value is -0.160. The number of methoxy groups -OCH3 is 1. The lowest BCUT2D eigenvalue weighted by Gasteiger charge is -2.17. The van der Waals surface area contributed by atoms with Gasteiger partial charge in [-0.3, -0.25) is 0 Å². The quantitative estimate of drug-likeness (QED) is 0.605. The largest absolute Gasteiger partial charge is 0.382 e. The highest BCUT2D eigenvalue weighted by molar-refractivity contribution is 4.71. The predicted molar refractivity (Wildman–Crippen MR) is 63.8 cm³/mol. The highest BCUT2D eigenvalue weighted by atomic mass is 16.5. The molecular formula is C12H25NO3. The summed E-state index contributed by atoms with van der Waals surface area (Å²) in [6, 6.07) is 0.508. The summed E-state index contributed by atoms with van der Waals surface area (Å²) in [7, 11) is 1.69. The fourth-order valence-electron chi connectivity index (χ4n) is 1.93. The van der Waals surface area contributed by atoms with Crippen molar-refractivity contribution in [2.24, 2.45) is 0 Å². The molecular weight excluding hydrogens is 206 g/mol. The van der Waals surface area contributed by atoms with Crippen molar-refractivity contribution in [3.63, 3.8) is 0 Å². The van der Waals surface area contributed by atoms with Gasteiger partial charge in [-0.1, -0.05) is 0 Å². The first-order valence-corrected chi connectivity index (χ1v) is 6.24. The molecule has 0 spiro atoms. The van der Waals surface area contributed by atoms with Crippen LogP contribution in [-0.4, -0.2) is 52.2 Å². The van der Waals surface area contributed by atoms with Gasteiger partial charge >= 0.3 is 0 Å². The maximum Gasteiger partial charge on any atom is 0.0700 e. The zero-order valence-electron chi connectivity index (χ0n) is 10.5. The minimum atomic E-state index is 0.469. The Morgan fingerprint density at radius 2 is 2.25 bits per heavy atom. The first-order chi connectivity index (χ1) is 7.83. The Kier molecular flexibility index (Phi) is 7.76. The average Bonchev–Trinajstić information content (AvgIpc) is 2.76. The van der Waals surface area contributed by atoms with E-state index in [1.165, 1.54) is 12.8 Å². The summed E-state index contributed by atoms with van der Waals surface area (Å²) in [5, 5.41) is 3.44. The van der Waals surface area contributed by atoms with Crippen LogP contribution in [0.15, 0.2) is 0 Å². The highest BCUT2D eigenvalue weighted by Crippen LogP contribution is 2.16. The Bertz CT molecular complexity index is 160. The van der Waals surface area contributed by atoms with Gasteiger partial charge in [0.15, 0.2) is 0 Å². The molecule has 16 heavy (non-hydrogen) atoms. The number of hydrogen-bond donors (Lipinski definition) is 1. The first kappa shape index (κ1) is 13.9. The van der Waals surface area contributed by atoms with Crippen LogP contribution in [0.5, 0.6) is 0 Å². The molecule has 0 amide bonds. The fourth-order valence-corrected chi connectivity index (χ4v) is 1.93. The third-order valence-corrected chi connectivity index (χ3v) is 2.81. The van der Waals surface area contributed by atoms with Gasteiger partial charge in [0.1, 0.15) is 0 Å². The number of nitrogens with one attached hydrogen (secondary N) is 1. The van der Waals surface area contributed by atoms with Crippen molar-refractivity contribution >= 4 is 0 Å². The molecule has 2 unspecified atom stereocenters. The van der Waals surface area contributed by atoms with E-state index < -0.39 is 0 Å². The van der Waals surface area contributed by atoms with E-state index in [1.54, 1.807) is 7.11 Å². The van der Waals surface area contributed by atoms with E-state index in [-0.39, 0.29) is 0 Å². The van der Waals surface area contributed by atoms with Gasteiger partial charge in [0.05, 0.1) is 25.9 Å². The third kappa shape index (κ3) is 6.43. The molecule has 0 bridgehead atoms. The second-order valence-corrected chi connectivity index (χ2v) is 4.33. The van der Waals surface area contributed by atoms with E-state index >= 15 is 0 Å². The lowest BCUT2D eigenvalue weighted by atomic mass is 10.1. The predicted octanol–water partition coefficient (Wildman–Crippen LogP) is 1.20. The van der Waals surface area contributed by atoms with Crippen LogP contribution in [0.4, 0.5) is 0 Å². The van der Waals surface area contributed by atoms with Gasteiger partial charge < -0.3 is 19.5 Å². The molecule has 1 aliphatic heterocycles. The molecule has 1 saturated heterocycles. The molecule has 0 radical (unpaired) electrons. The van der Waals surface area contributed by atoms with Crippen LogP contribution < -0.4 is 5.32 Å². The van der Waals surface area contributed by atoms with Crippen molar-refractivity contribution in [2.45, 2.75) is 38.3 Å². The minimum absolute atomic E-state index is 0.469. The number of rotatable bonds is 9. The molecule has 0 saturated carbocycles. The van der Waals surface area contributed by atoms with Crippen molar-refractivity contribution in [3.05, 3.63) is 0 Å². The first-order valence-electron chi connectivity index (χ1n) is 6.24. The van der Waals surface area contributed by atoms with Gasteiger partial charge in [-0.15, -0.1) is 0 Å². The zero-order valence-corrected chi connectivity index (χ0v) is 10.5. The summed E-state index contributed by atoms with van der Waals surface area (Å²) >= 11 is 0. The summed E-state index contributed by atoms with van der Waals surface area (Å²) in [6.07, 6.45) is 4.02. The number of hydrogen-bond acceptors (Lipinski definition) is 4. The van der Waals surface area contributed by atoms with Crippen molar-refractivity contribution in [1.82, 2.24) is 5.32 Å². The molecule has 4 nitrogen and oxygen atoms in total. The maximum absolute atomic E-state index is 5.60. The highest BCUT2D eigenvalue weighted by Gasteiger charge is 2.17. The van der Waals surface area contributed by atoms with Crippen LogP contribution in [0.3, 0.4) is 0 Å². The van der Waals surface area contributed by atoms with Crippen molar-refractivity contribution in [2.75, 3.05) is 40.1 Å². The lowest BCUT2D eigenvalue weighted by Crippen LogP contribution is -2.32. The lowest BCUT2D eigenvalue weighted by molar-refractivity contribution is 0.0685. The van der Waals surface area contributed by atoms with Crippen molar-refractivity contribution in [1.29, 1.82) is 0 Å². The Morgan fingerprint density at radius 1 is 1.38 bits per heavy atom. The second kappa shape index (κ2) is 8.93. The van der Waals surface area contributed by atoms with Gasteiger partial charge in [-0.05, 0) is 26.2 Å².